The summed E-state index contributed by atoms with van der Waals surface area (Å²) in [6, 6.07) is 7.76. The van der Waals surface area contributed by atoms with Crippen molar-refractivity contribution in [3.8, 4) is 16.3 Å². The van der Waals surface area contributed by atoms with Crippen molar-refractivity contribution in [2.75, 3.05) is 13.2 Å². The molecule has 1 heterocycles. The van der Waals surface area contributed by atoms with Crippen LogP contribution in [0.3, 0.4) is 0 Å². The summed E-state index contributed by atoms with van der Waals surface area (Å²) in [6.07, 6.45) is 2.17. The van der Waals surface area contributed by atoms with E-state index in [1.807, 2.05) is 24.3 Å². The van der Waals surface area contributed by atoms with Crippen LogP contribution in [0.5, 0.6) is 5.75 Å². The van der Waals surface area contributed by atoms with Crippen molar-refractivity contribution < 1.29 is 14.3 Å². The predicted molar refractivity (Wildman–Crippen MR) is 83.9 cm³/mol. The highest BCUT2D eigenvalue weighted by atomic mass is 32.1. The van der Waals surface area contributed by atoms with Gasteiger partial charge in [0.05, 0.1) is 13.2 Å². The summed E-state index contributed by atoms with van der Waals surface area (Å²) in [5.41, 5.74) is 1.33. The van der Waals surface area contributed by atoms with Gasteiger partial charge in [-0.25, -0.2) is 9.78 Å². The van der Waals surface area contributed by atoms with Crippen LogP contribution in [-0.4, -0.2) is 24.2 Å². The average Bonchev–Trinajstić information content (AvgIpc) is 2.98. The van der Waals surface area contributed by atoms with Crippen LogP contribution < -0.4 is 4.74 Å². The van der Waals surface area contributed by atoms with E-state index in [1.165, 1.54) is 11.3 Å². The molecule has 112 valence electrons. The van der Waals surface area contributed by atoms with Gasteiger partial charge in [0.15, 0.2) is 5.69 Å². The number of hydrogen-bond donors (Lipinski definition) is 0. The molecule has 1 aromatic heterocycles. The standard InChI is InChI=1S/C16H19NO3S/c1-3-5-10-20-13-8-6-12(7-9-13)15-17-14(11-21-15)16(18)19-4-2/h6-9,11H,3-5,10H2,1-2H3. The van der Waals surface area contributed by atoms with Gasteiger partial charge in [0.2, 0.25) is 0 Å². The number of hydrogen-bond acceptors (Lipinski definition) is 5. The van der Waals surface area contributed by atoms with E-state index in [1.54, 1.807) is 12.3 Å². The van der Waals surface area contributed by atoms with Crippen LogP contribution in [-0.2, 0) is 4.74 Å². The van der Waals surface area contributed by atoms with Gasteiger partial charge in [0, 0.05) is 10.9 Å². The normalized spacial score (nSPS) is 10.4. The molecule has 0 atom stereocenters. The van der Waals surface area contributed by atoms with Crippen molar-refractivity contribution in [1.29, 1.82) is 0 Å². The molecule has 0 amide bonds. The van der Waals surface area contributed by atoms with Crippen LogP contribution in [0.25, 0.3) is 10.6 Å². The van der Waals surface area contributed by atoms with E-state index in [4.69, 9.17) is 9.47 Å². The van der Waals surface area contributed by atoms with Crippen molar-refractivity contribution in [1.82, 2.24) is 4.98 Å². The van der Waals surface area contributed by atoms with E-state index in [2.05, 4.69) is 11.9 Å². The van der Waals surface area contributed by atoms with Crippen molar-refractivity contribution in [2.24, 2.45) is 0 Å². The molecule has 1 aromatic carbocycles. The first kappa shape index (κ1) is 15.5. The molecule has 21 heavy (non-hydrogen) atoms. The Morgan fingerprint density at radius 2 is 2.00 bits per heavy atom. The van der Waals surface area contributed by atoms with Crippen LogP contribution in [0.1, 0.15) is 37.2 Å². The molecule has 0 radical (unpaired) electrons. The molecular formula is C16H19NO3S. The number of benzene rings is 1. The molecule has 2 rings (SSSR count). The quantitative estimate of drug-likeness (QED) is 0.569. The number of thiazole rings is 1. The van der Waals surface area contributed by atoms with Gasteiger partial charge in [-0.1, -0.05) is 13.3 Å². The molecule has 0 aliphatic heterocycles. The van der Waals surface area contributed by atoms with Crippen LogP contribution >= 0.6 is 11.3 Å². The van der Waals surface area contributed by atoms with E-state index in [-0.39, 0.29) is 5.97 Å². The van der Waals surface area contributed by atoms with Crippen LogP contribution in [0, 0.1) is 0 Å². The zero-order valence-electron chi connectivity index (χ0n) is 12.3. The molecule has 2 aromatic rings. The minimum Gasteiger partial charge on any atom is -0.494 e. The summed E-state index contributed by atoms with van der Waals surface area (Å²) in [4.78, 5) is 15.9. The molecule has 0 spiro atoms. The Hall–Kier alpha value is -1.88. The zero-order chi connectivity index (χ0) is 15.1. The maximum Gasteiger partial charge on any atom is 0.357 e. The van der Waals surface area contributed by atoms with Gasteiger partial charge in [0.1, 0.15) is 10.8 Å². The van der Waals surface area contributed by atoms with Gasteiger partial charge in [0.25, 0.3) is 0 Å². The number of carbonyl (C=O) groups is 1. The summed E-state index contributed by atoms with van der Waals surface area (Å²) in [5, 5.41) is 2.53. The van der Waals surface area contributed by atoms with Gasteiger partial charge in [-0.05, 0) is 37.6 Å². The van der Waals surface area contributed by atoms with Crippen molar-refractivity contribution in [3.63, 3.8) is 0 Å². The number of aromatic nitrogens is 1. The minimum absolute atomic E-state index is 0.357. The fraction of sp³-hybridized carbons (Fsp3) is 0.375. The van der Waals surface area contributed by atoms with E-state index in [0.717, 1.165) is 35.8 Å². The molecule has 0 N–H and O–H groups in total. The second kappa shape index (κ2) is 7.78. The second-order valence-corrected chi connectivity index (χ2v) is 5.34. The third kappa shape index (κ3) is 4.29. The van der Waals surface area contributed by atoms with E-state index < -0.39 is 0 Å². The lowest BCUT2D eigenvalue weighted by molar-refractivity contribution is 0.0520. The predicted octanol–water partition coefficient (Wildman–Crippen LogP) is 4.17. The first-order valence-corrected chi connectivity index (χ1v) is 7.98. The van der Waals surface area contributed by atoms with Gasteiger partial charge in [-0.2, -0.15) is 0 Å². The molecule has 5 heteroatoms. The molecule has 0 aliphatic carbocycles. The molecule has 0 fully saturated rings. The Balaban J connectivity index is 2.03. The number of rotatable bonds is 7. The zero-order valence-corrected chi connectivity index (χ0v) is 13.1. The Morgan fingerprint density at radius 1 is 1.24 bits per heavy atom. The number of carbonyl (C=O) groups excluding carboxylic acids is 1. The third-order valence-electron chi connectivity index (χ3n) is 2.86. The van der Waals surface area contributed by atoms with Crippen LogP contribution in [0.4, 0.5) is 0 Å². The van der Waals surface area contributed by atoms with E-state index in [9.17, 15) is 4.79 Å². The first-order chi connectivity index (χ1) is 10.2. The van der Waals surface area contributed by atoms with Crippen LogP contribution in [0.15, 0.2) is 29.6 Å². The highest BCUT2D eigenvalue weighted by Gasteiger charge is 2.12. The smallest absolute Gasteiger partial charge is 0.357 e. The minimum atomic E-state index is -0.375. The summed E-state index contributed by atoms with van der Waals surface area (Å²) < 4.78 is 10.6. The maximum absolute atomic E-state index is 11.6. The number of unbranched alkanes of at least 4 members (excludes halogenated alkanes) is 1. The Labute approximate surface area is 128 Å². The second-order valence-electron chi connectivity index (χ2n) is 4.48. The van der Waals surface area contributed by atoms with Gasteiger partial charge >= 0.3 is 5.97 Å². The monoisotopic (exact) mass is 305 g/mol. The Kier molecular flexibility index (Phi) is 5.75. The maximum atomic E-state index is 11.6. The highest BCUT2D eigenvalue weighted by Crippen LogP contribution is 2.26. The lowest BCUT2D eigenvalue weighted by Crippen LogP contribution is -2.04. The summed E-state index contributed by atoms with van der Waals surface area (Å²) in [6.45, 7) is 5.01. The van der Waals surface area contributed by atoms with E-state index in [0.29, 0.717) is 12.3 Å². The average molecular weight is 305 g/mol. The highest BCUT2D eigenvalue weighted by molar-refractivity contribution is 7.13. The molecule has 0 saturated heterocycles. The van der Waals surface area contributed by atoms with Crippen LogP contribution in [0.2, 0.25) is 0 Å². The number of esters is 1. The summed E-state index contributed by atoms with van der Waals surface area (Å²) in [5.74, 6) is 0.480. The third-order valence-corrected chi connectivity index (χ3v) is 3.75. The lowest BCUT2D eigenvalue weighted by Gasteiger charge is -2.05. The van der Waals surface area contributed by atoms with E-state index >= 15 is 0 Å². The lowest BCUT2D eigenvalue weighted by atomic mass is 10.2. The molecule has 0 aliphatic rings. The molecule has 0 saturated carbocycles. The van der Waals surface area contributed by atoms with Crippen molar-refractivity contribution in [3.05, 3.63) is 35.3 Å². The number of ether oxygens (including phenoxy) is 2. The van der Waals surface area contributed by atoms with Crippen molar-refractivity contribution >= 4 is 17.3 Å². The number of nitrogens with zero attached hydrogens (tertiary/aromatic N) is 1. The largest absolute Gasteiger partial charge is 0.494 e. The molecule has 0 unspecified atom stereocenters. The Morgan fingerprint density at radius 3 is 2.67 bits per heavy atom. The molecule has 0 bridgehead atoms. The summed E-state index contributed by atoms with van der Waals surface area (Å²) in [7, 11) is 0. The molecule has 4 nitrogen and oxygen atoms in total. The Bertz CT molecular complexity index is 577. The fourth-order valence-electron chi connectivity index (χ4n) is 1.73. The first-order valence-electron chi connectivity index (χ1n) is 7.10. The van der Waals surface area contributed by atoms with Gasteiger partial charge in [-0.3, -0.25) is 0 Å². The van der Waals surface area contributed by atoms with Gasteiger partial charge < -0.3 is 9.47 Å². The topological polar surface area (TPSA) is 48.4 Å². The SMILES string of the molecule is CCCCOc1ccc(-c2nc(C(=O)OCC)cs2)cc1. The molecular weight excluding hydrogens is 286 g/mol. The summed E-state index contributed by atoms with van der Waals surface area (Å²) >= 11 is 1.43. The fourth-order valence-corrected chi connectivity index (χ4v) is 2.53. The van der Waals surface area contributed by atoms with Crippen molar-refractivity contribution in [2.45, 2.75) is 26.7 Å². The van der Waals surface area contributed by atoms with Gasteiger partial charge in [-0.15, -0.1) is 11.3 Å².